The third kappa shape index (κ3) is 5.32. The molecule has 0 unspecified atom stereocenters. The molecule has 0 aliphatic carbocycles. The van der Waals surface area contributed by atoms with E-state index in [0.717, 1.165) is 12.0 Å². The lowest BCUT2D eigenvalue weighted by Crippen LogP contribution is -2.29. The standard InChI is InChI=1S/C20H24N2O4S/c21-16-5-1-2-6-17(16)22-20(24)18-11-15(14-7-10-27-13-14)12-19(26-18)25-9-4-3-8-23/h1-2,5-7,10-11,13,15,19,23H,3-4,8-9,12,21H2,(H,22,24)/t15-,19+/m0/s1. The van der Waals surface area contributed by atoms with Crippen molar-refractivity contribution in [3.8, 4) is 0 Å². The summed E-state index contributed by atoms with van der Waals surface area (Å²) in [5, 5.41) is 15.8. The summed E-state index contributed by atoms with van der Waals surface area (Å²) >= 11 is 1.62. The minimum atomic E-state index is -0.507. The van der Waals surface area contributed by atoms with Gasteiger partial charge >= 0.3 is 0 Å². The van der Waals surface area contributed by atoms with E-state index in [1.165, 1.54) is 0 Å². The Morgan fingerprint density at radius 1 is 1.33 bits per heavy atom. The number of hydrogen-bond donors (Lipinski definition) is 3. The number of rotatable bonds is 8. The van der Waals surface area contributed by atoms with E-state index in [1.54, 1.807) is 23.5 Å². The lowest BCUT2D eigenvalue weighted by Gasteiger charge is -2.29. The summed E-state index contributed by atoms with van der Waals surface area (Å²) in [5.74, 6) is -0.0774. The van der Waals surface area contributed by atoms with Crippen LogP contribution >= 0.6 is 11.3 Å². The van der Waals surface area contributed by atoms with Gasteiger partial charge in [-0.15, -0.1) is 0 Å². The van der Waals surface area contributed by atoms with Crippen LogP contribution in [0.5, 0.6) is 0 Å². The van der Waals surface area contributed by atoms with Crippen molar-refractivity contribution < 1.29 is 19.4 Å². The molecule has 0 bridgehead atoms. The molecule has 6 nitrogen and oxygen atoms in total. The lowest BCUT2D eigenvalue weighted by atomic mass is 9.95. The Labute approximate surface area is 162 Å². The molecule has 1 aliphatic heterocycles. The van der Waals surface area contributed by atoms with E-state index in [0.29, 0.717) is 30.8 Å². The first kappa shape index (κ1) is 19.4. The maximum Gasteiger partial charge on any atom is 0.290 e. The molecule has 0 fully saturated rings. The highest BCUT2D eigenvalue weighted by Crippen LogP contribution is 2.33. The molecule has 3 rings (SSSR count). The topological polar surface area (TPSA) is 93.8 Å². The average Bonchev–Trinajstić information content (AvgIpc) is 3.22. The number of allylic oxidation sites excluding steroid dienone is 1. The Bertz CT molecular complexity index is 776. The molecular weight excluding hydrogens is 364 g/mol. The number of aliphatic hydroxyl groups is 1. The zero-order valence-electron chi connectivity index (χ0n) is 15.0. The van der Waals surface area contributed by atoms with Crippen molar-refractivity contribution >= 4 is 28.6 Å². The minimum Gasteiger partial charge on any atom is -0.459 e. The van der Waals surface area contributed by atoms with E-state index in [-0.39, 0.29) is 24.2 Å². The van der Waals surface area contributed by atoms with Crippen LogP contribution in [-0.2, 0) is 14.3 Å². The van der Waals surface area contributed by atoms with Gasteiger partial charge in [0.1, 0.15) is 0 Å². The van der Waals surface area contributed by atoms with Crippen LogP contribution in [0.15, 0.2) is 52.9 Å². The van der Waals surface area contributed by atoms with Crippen molar-refractivity contribution in [3.63, 3.8) is 0 Å². The number of carbonyl (C=O) groups excluding carboxylic acids is 1. The van der Waals surface area contributed by atoms with Crippen molar-refractivity contribution in [2.75, 3.05) is 24.3 Å². The highest BCUT2D eigenvalue weighted by molar-refractivity contribution is 7.08. The van der Waals surface area contributed by atoms with Gasteiger partial charge in [0.05, 0.1) is 18.0 Å². The summed E-state index contributed by atoms with van der Waals surface area (Å²) in [5.41, 5.74) is 8.08. The van der Waals surface area contributed by atoms with E-state index in [4.69, 9.17) is 20.3 Å². The summed E-state index contributed by atoms with van der Waals surface area (Å²) in [6.07, 6.45) is 3.39. The molecule has 2 aromatic rings. The Kier molecular flexibility index (Phi) is 6.86. The fraction of sp³-hybridized carbons (Fsp3) is 0.350. The first-order valence-electron chi connectivity index (χ1n) is 8.96. The normalized spacial score (nSPS) is 19.2. The largest absolute Gasteiger partial charge is 0.459 e. The zero-order valence-corrected chi connectivity index (χ0v) is 15.8. The fourth-order valence-electron chi connectivity index (χ4n) is 2.86. The van der Waals surface area contributed by atoms with E-state index in [9.17, 15) is 4.79 Å². The fourth-order valence-corrected chi connectivity index (χ4v) is 3.58. The third-order valence-electron chi connectivity index (χ3n) is 4.32. The molecule has 4 N–H and O–H groups in total. The van der Waals surface area contributed by atoms with Gasteiger partial charge in [0.15, 0.2) is 5.76 Å². The van der Waals surface area contributed by atoms with E-state index in [1.807, 2.05) is 29.7 Å². The third-order valence-corrected chi connectivity index (χ3v) is 5.02. The average molecular weight is 388 g/mol. The van der Waals surface area contributed by atoms with Gasteiger partial charge in [-0.05, 0) is 53.4 Å². The summed E-state index contributed by atoms with van der Waals surface area (Å²) in [4.78, 5) is 12.7. The van der Waals surface area contributed by atoms with Crippen LogP contribution in [0.2, 0.25) is 0 Å². The number of aliphatic hydroxyl groups excluding tert-OH is 1. The first-order chi connectivity index (χ1) is 13.2. The first-order valence-corrected chi connectivity index (χ1v) is 9.90. The van der Waals surface area contributed by atoms with E-state index < -0.39 is 6.29 Å². The molecule has 2 heterocycles. The van der Waals surface area contributed by atoms with Crippen LogP contribution in [0.3, 0.4) is 0 Å². The Morgan fingerprint density at radius 3 is 2.93 bits per heavy atom. The minimum absolute atomic E-state index is 0.0433. The highest BCUT2D eigenvalue weighted by Gasteiger charge is 2.29. The number of anilines is 2. The molecule has 144 valence electrons. The SMILES string of the molecule is Nc1ccccc1NC(=O)C1=C[C@H](c2ccsc2)C[C@H](OCCCCO)O1. The number of nitrogens with two attached hydrogens (primary N) is 1. The number of nitrogen functional groups attached to an aromatic ring is 1. The number of hydrogen-bond acceptors (Lipinski definition) is 6. The molecule has 1 aliphatic rings. The van der Waals surface area contributed by atoms with Crippen molar-refractivity contribution in [3.05, 3.63) is 58.5 Å². The predicted octanol–water partition coefficient (Wildman–Crippen LogP) is 3.47. The Balaban J connectivity index is 1.72. The van der Waals surface area contributed by atoms with Crippen LogP contribution in [0.4, 0.5) is 11.4 Å². The molecule has 1 aromatic heterocycles. The van der Waals surface area contributed by atoms with Crippen molar-refractivity contribution in [1.29, 1.82) is 0 Å². The molecule has 0 saturated heterocycles. The highest BCUT2D eigenvalue weighted by atomic mass is 32.1. The number of carbonyl (C=O) groups is 1. The molecule has 2 atom stereocenters. The quantitative estimate of drug-likeness (QED) is 0.475. The maximum absolute atomic E-state index is 12.7. The van der Waals surface area contributed by atoms with Crippen LogP contribution in [-0.4, -0.2) is 30.5 Å². The molecule has 0 saturated carbocycles. The second-order valence-corrected chi connectivity index (χ2v) is 7.10. The van der Waals surface area contributed by atoms with Crippen LogP contribution < -0.4 is 11.1 Å². The van der Waals surface area contributed by atoms with Crippen molar-refractivity contribution in [2.45, 2.75) is 31.5 Å². The lowest BCUT2D eigenvalue weighted by molar-refractivity contribution is -0.143. The predicted molar refractivity (Wildman–Crippen MR) is 106 cm³/mol. The van der Waals surface area contributed by atoms with Crippen molar-refractivity contribution in [2.24, 2.45) is 0 Å². The number of thiophene rings is 1. The number of amides is 1. The smallest absolute Gasteiger partial charge is 0.290 e. The zero-order chi connectivity index (χ0) is 19.1. The molecule has 1 amide bonds. The number of unbranched alkanes of at least 4 members (excludes halogenated alkanes) is 1. The molecule has 0 spiro atoms. The second kappa shape index (κ2) is 9.55. The van der Waals surface area contributed by atoms with Gasteiger partial charge in [-0.25, -0.2) is 0 Å². The molecule has 7 heteroatoms. The van der Waals surface area contributed by atoms with Gasteiger partial charge < -0.3 is 25.6 Å². The Hall–Kier alpha value is -2.35. The van der Waals surface area contributed by atoms with Gasteiger partial charge in [0, 0.05) is 18.9 Å². The van der Waals surface area contributed by atoms with Gasteiger partial charge in [0.25, 0.3) is 5.91 Å². The van der Waals surface area contributed by atoms with Gasteiger partial charge in [0.2, 0.25) is 6.29 Å². The number of para-hydroxylation sites is 2. The van der Waals surface area contributed by atoms with E-state index >= 15 is 0 Å². The maximum atomic E-state index is 12.7. The van der Waals surface area contributed by atoms with Gasteiger partial charge in [-0.1, -0.05) is 12.1 Å². The summed E-state index contributed by atoms with van der Waals surface area (Å²) in [6.45, 7) is 0.612. The van der Waals surface area contributed by atoms with Crippen molar-refractivity contribution in [1.82, 2.24) is 0 Å². The summed E-state index contributed by atoms with van der Waals surface area (Å²) < 4.78 is 11.6. The molecule has 1 aromatic carbocycles. The second-order valence-electron chi connectivity index (χ2n) is 6.32. The van der Waals surface area contributed by atoms with E-state index in [2.05, 4.69) is 10.7 Å². The number of nitrogens with one attached hydrogen (secondary N) is 1. The Morgan fingerprint density at radius 2 is 2.19 bits per heavy atom. The van der Waals surface area contributed by atoms with Gasteiger partial charge in [-0.2, -0.15) is 11.3 Å². The molecule has 27 heavy (non-hydrogen) atoms. The van der Waals surface area contributed by atoms with Crippen LogP contribution in [0, 0.1) is 0 Å². The van der Waals surface area contributed by atoms with Crippen LogP contribution in [0.1, 0.15) is 30.7 Å². The molecule has 0 radical (unpaired) electrons. The number of benzene rings is 1. The summed E-state index contributed by atoms with van der Waals surface area (Å²) in [7, 11) is 0. The monoisotopic (exact) mass is 388 g/mol. The summed E-state index contributed by atoms with van der Waals surface area (Å²) in [6, 6.07) is 9.14. The van der Waals surface area contributed by atoms with Crippen LogP contribution in [0.25, 0.3) is 0 Å². The molecular formula is C20H24N2O4S. The van der Waals surface area contributed by atoms with Gasteiger partial charge in [-0.3, -0.25) is 4.79 Å². The number of ether oxygens (including phenoxy) is 2.